The molecule has 0 aromatic heterocycles. The predicted molar refractivity (Wildman–Crippen MR) is 75.6 cm³/mol. The number of amides is 1. The number of piperazine rings is 1. The number of hydrogen-bond acceptors (Lipinski definition) is 3. The van der Waals surface area contributed by atoms with Crippen LogP contribution in [-0.4, -0.2) is 49.6 Å². The minimum Gasteiger partial charge on any atom is -0.355 e. The molecule has 18 heavy (non-hydrogen) atoms. The van der Waals surface area contributed by atoms with E-state index in [-0.39, 0.29) is 11.9 Å². The molecule has 4 heteroatoms. The number of unbranched alkanes of at least 4 members (excludes halogenated alkanes) is 1. The van der Waals surface area contributed by atoms with Crippen LogP contribution in [0, 0.1) is 5.92 Å². The maximum absolute atomic E-state index is 12.0. The summed E-state index contributed by atoms with van der Waals surface area (Å²) in [6.07, 6.45) is 3.56. The van der Waals surface area contributed by atoms with Gasteiger partial charge in [0.2, 0.25) is 5.91 Å². The van der Waals surface area contributed by atoms with E-state index in [4.69, 9.17) is 0 Å². The molecule has 0 aromatic carbocycles. The van der Waals surface area contributed by atoms with Gasteiger partial charge in [0.05, 0.1) is 6.04 Å². The van der Waals surface area contributed by atoms with Crippen LogP contribution in [0.25, 0.3) is 0 Å². The van der Waals surface area contributed by atoms with E-state index in [2.05, 4.69) is 29.4 Å². The van der Waals surface area contributed by atoms with Gasteiger partial charge in [-0.1, -0.05) is 26.7 Å². The zero-order valence-electron chi connectivity index (χ0n) is 12.2. The van der Waals surface area contributed by atoms with Crippen LogP contribution in [0.1, 0.15) is 40.0 Å². The fraction of sp³-hybridized carbons (Fsp3) is 0.929. The first-order chi connectivity index (χ1) is 8.61. The Morgan fingerprint density at radius 1 is 1.22 bits per heavy atom. The van der Waals surface area contributed by atoms with Crippen molar-refractivity contribution >= 4 is 5.91 Å². The summed E-state index contributed by atoms with van der Waals surface area (Å²) in [5, 5.41) is 6.36. The fourth-order valence-electron chi connectivity index (χ4n) is 2.27. The van der Waals surface area contributed by atoms with Crippen LogP contribution >= 0.6 is 0 Å². The normalized spacial score (nSPS) is 18.9. The summed E-state index contributed by atoms with van der Waals surface area (Å²) in [7, 11) is 0. The van der Waals surface area contributed by atoms with Gasteiger partial charge >= 0.3 is 0 Å². The molecular weight excluding hydrogens is 226 g/mol. The zero-order chi connectivity index (χ0) is 13.4. The van der Waals surface area contributed by atoms with E-state index < -0.39 is 0 Å². The summed E-state index contributed by atoms with van der Waals surface area (Å²) in [6.45, 7) is 11.2. The predicted octanol–water partition coefficient (Wildman–Crippen LogP) is 1.22. The van der Waals surface area contributed by atoms with E-state index in [9.17, 15) is 4.79 Å². The van der Waals surface area contributed by atoms with Crippen LogP contribution < -0.4 is 10.6 Å². The molecule has 0 saturated carbocycles. The Hall–Kier alpha value is -0.610. The monoisotopic (exact) mass is 255 g/mol. The summed E-state index contributed by atoms with van der Waals surface area (Å²) in [5.74, 6) is 0.946. The maximum Gasteiger partial charge on any atom is 0.237 e. The molecule has 0 aliphatic carbocycles. The SMILES string of the molecule is CC(C)CCCCNC(=O)C(C)N1CCNCC1. The number of carbonyl (C=O) groups excluding carboxylic acids is 1. The number of nitrogens with zero attached hydrogens (tertiary/aromatic N) is 1. The molecule has 1 saturated heterocycles. The standard InChI is InChI=1S/C14H29N3O/c1-12(2)6-4-5-7-16-14(18)13(3)17-10-8-15-9-11-17/h12-13,15H,4-11H2,1-3H3,(H,16,18). The van der Waals surface area contributed by atoms with E-state index in [1.165, 1.54) is 12.8 Å². The average molecular weight is 255 g/mol. The molecule has 1 aliphatic rings. The number of nitrogens with one attached hydrogen (secondary N) is 2. The lowest BCUT2D eigenvalue weighted by Crippen LogP contribution is -2.52. The van der Waals surface area contributed by atoms with E-state index in [1.54, 1.807) is 0 Å². The third kappa shape index (κ3) is 5.83. The quantitative estimate of drug-likeness (QED) is 0.672. The van der Waals surface area contributed by atoms with Gasteiger partial charge in [-0.3, -0.25) is 9.69 Å². The summed E-state index contributed by atoms with van der Waals surface area (Å²) in [4.78, 5) is 14.2. The first kappa shape index (κ1) is 15.4. The van der Waals surface area contributed by atoms with Crippen LogP contribution in [0.15, 0.2) is 0 Å². The van der Waals surface area contributed by atoms with E-state index in [0.717, 1.165) is 45.1 Å². The van der Waals surface area contributed by atoms with Crippen molar-refractivity contribution < 1.29 is 4.79 Å². The Morgan fingerprint density at radius 2 is 1.89 bits per heavy atom. The summed E-state index contributed by atoms with van der Waals surface area (Å²) >= 11 is 0. The highest BCUT2D eigenvalue weighted by molar-refractivity contribution is 5.81. The van der Waals surface area contributed by atoms with Crippen LogP contribution in [0.5, 0.6) is 0 Å². The molecule has 1 amide bonds. The second kappa shape index (κ2) is 8.48. The lowest BCUT2D eigenvalue weighted by atomic mass is 10.1. The van der Waals surface area contributed by atoms with Crippen molar-refractivity contribution in [2.24, 2.45) is 5.92 Å². The Kier molecular flexibility index (Phi) is 7.28. The Labute approximate surface area is 111 Å². The van der Waals surface area contributed by atoms with E-state index >= 15 is 0 Å². The topological polar surface area (TPSA) is 44.4 Å². The molecule has 0 spiro atoms. The lowest BCUT2D eigenvalue weighted by Gasteiger charge is -2.31. The summed E-state index contributed by atoms with van der Waals surface area (Å²) in [5.41, 5.74) is 0. The van der Waals surface area contributed by atoms with E-state index in [1.807, 2.05) is 6.92 Å². The van der Waals surface area contributed by atoms with Gasteiger partial charge in [0.15, 0.2) is 0 Å². The van der Waals surface area contributed by atoms with Crippen molar-refractivity contribution in [1.82, 2.24) is 15.5 Å². The van der Waals surface area contributed by atoms with Gasteiger partial charge in [-0.15, -0.1) is 0 Å². The lowest BCUT2D eigenvalue weighted by molar-refractivity contribution is -0.126. The van der Waals surface area contributed by atoms with E-state index in [0.29, 0.717) is 0 Å². The smallest absolute Gasteiger partial charge is 0.237 e. The third-order valence-corrected chi connectivity index (χ3v) is 3.59. The molecule has 0 bridgehead atoms. The van der Waals surface area contributed by atoms with Gasteiger partial charge < -0.3 is 10.6 Å². The highest BCUT2D eigenvalue weighted by atomic mass is 16.2. The zero-order valence-corrected chi connectivity index (χ0v) is 12.2. The van der Waals surface area contributed by atoms with Gasteiger partial charge in [-0.2, -0.15) is 0 Å². The first-order valence-electron chi connectivity index (χ1n) is 7.33. The molecule has 1 unspecified atom stereocenters. The number of rotatable bonds is 7. The second-order valence-electron chi connectivity index (χ2n) is 5.64. The Balaban J connectivity index is 2.11. The molecule has 0 aromatic rings. The molecule has 2 N–H and O–H groups in total. The van der Waals surface area contributed by atoms with Crippen molar-refractivity contribution in [1.29, 1.82) is 0 Å². The van der Waals surface area contributed by atoms with Gasteiger partial charge in [-0.25, -0.2) is 0 Å². The molecular formula is C14H29N3O. The number of carbonyl (C=O) groups is 1. The number of hydrogen-bond donors (Lipinski definition) is 2. The Bertz CT molecular complexity index is 237. The average Bonchev–Trinajstić information content (AvgIpc) is 2.38. The van der Waals surface area contributed by atoms with Crippen LogP contribution in [0.3, 0.4) is 0 Å². The van der Waals surface area contributed by atoms with Crippen molar-refractivity contribution in [3.05, 3.63) is 0 Å². The first-order valence-corrected chi connectivity index (χ1v) is 7.33. The molecule has 4 nitrogen and oxygen atoms in total. The van der Waals surface area contributed by atoms with Gasteiger partial charge in [0.25, 0.3) is 0 Å². The molecule has 1 atom stereocenters. The molecule has 1 rings (SSSR count). The molecule has 106 valence electrons. The fourth-order valence-corrected chi connectivity index (χ4v) is 2.27. The molecule has 1 heterocycles. The van der Waals surface area contributed by atoms with Crippen molar-refractivity contribution in [2.75, 3.05) is 32.7 Å². The van der Waals surface area contributed by atoms with Crippen molar-refractivity contribution in [3.63, 3.8) is 0 Å². The highest BCUT2D eigenvalue weighted by Gasteiger charge is 2.21. The summed E-state index contributed by atoms with van der Waals surface area (Å²) < 4.78 is 0. The van der Waals surface area contributed by atoms with Crippen LogP contribution in [-0.2, 0) is 4.79 Å². The van der Waals surface area contributed by atoms with Gasteiger partial charge in [0.1, 0.15) is 0 Å². The maximum atomic E-state index is 12.0. The minimum absolute atomic E-state index is 0.0113. The second-order valence-corrected chi connectivity index (χ2v) is 5.64. The molecule has 0 radical (unpaired) electrons. The third-order valence-electron chi connectivity index (χ3n) is 3.59. The van der Waals surface area contributed by atoms with Crippen LogP contribution in [0.2, 0.25) is 0 Å². The van der Waals surface area contributed by atoms with Gasteiger partial charge in [-0.05, 0) is 19.3 Å². The minimum atomic E-state index is 0.0113. The molecule has 1 aliphatic heterocycles. The Morgan fingerprint density at radius 3 is 2.50 bits per heavy atom. The van der Waals surface area contributed by atoms with Crippen molar-refractivity contribution in [2.45, 2.75) is 46.1 Å². The summed E-state index contributed by atoms with van der Waals surface area (Å²) in [6, 6.07) is 0.0113. The van der Waals surface area contributed by atoms with Crippen LogP contribution in [0.4, 0.5) is 0 Å². The highest BCUT2D eigenvalue weighted by Crippen LogP contribution is 2.05. The van der Waals surface area contributed by atoms with Gasteiger partial charge in [0, 0.05) is 32.7 Å². The van der Waals surface area contributed by atoms with Crippen molar-refractivity contribution in [3.8, 4) is 0 Å². The molecule has 1 fully saturated rings. The largest absolute Gasteiger partial charge is 0.355 e.